The van der Waals surface area contributed by atoms with Crippen LogP contribution >= 0.6 is 11.6 Å². The molecule has 0 radical (unpaired) electrons. The summed E-state index contributed by atoms with van der Waals surface area (Å²) in [5.41, 5.74) is 1.36. The summed E-state index contributed by atoms with van der Waals surface area (Å²) in [5, 5.41) is 6.84. The number of hydrogen-bond donors (Lipinski definition) is 1. The highest BCUT2D eigenvalue weighted by molar-refractivity contribution is 6.30. The van der Waals surface area contributed by atoms with Crippen molar-refractivity contribution in [2.24, 2.45) is 0 Å². The normalized spacial score (nSPS) is 10.1. The molecule has 16 heavy (non-hydrogen) atoms. The number of aryl methyl sites for hydroxylation is 1. The predicted octanol–water partition coefficient (Wildman–Crippen LogP) is 2.89. The maximum atomic E-state index is 11.7. The minimum atomic E-state index is -0.322. The van der Waals surface area contributed by atoms with Crippen LogP contribution in [0.25, 0.3) is 0 Å². The van der Waals surface area contributed by atoms with Crippen molar-refractivity contribution < 1.29 is 9.32 Å². The monoisotopic (exact) mass is 236 g/mol. The van der Waals surface area contributed by atoms with E-state index in [1.165, 1.54) is 6.20 Å². The van der Waals surface area contributed by atoms with E-state index in [9.17, 15) is 4.79 Å². The zero-order valence-electron chi connectivity index (χ0n) is 8.53. The molecule has 0 spiro atoms. The van der Waals surface area contributed by atoms with Crippen LogP contribution in [0.5, 0.6) is 0 Å². The number of halogens is 1. The molecule has 82 valence electrons. The van der Waals surface area contributed by atoms with E-state index in [1.54, 1.807) is 31.2 Å². The fourth-order valence-corrected chi connectivity index (χ4v) is 1.36. The van der Waals surface area contributed by atoms with Crippen LogP contribution < -0.4 is 5.32 Å². The molecule has 0 saturated carbocycles. The number of amides is 1. The summed E-state index contributed by atoms with van der Waals surface area (Å²) in [6.45, 7) is 1.76. The Labute approximate surface area is 97.2 Å². The summed E-state index contributed by atoms with van der Waals surface area (Å²) in [4.78, 5) is 11.7. The van der Waals surface area contributed by atoms with Gasteiger partial charge in [0.1, 0.15) is 0 Å². The molecule has 2 aromatic rings. The first-order valence-corrected chi connectivity index (χ1v) is 5.03. The Morgan fingerprint density at radius 2 is 2.06 bits per heavy atom. The van der Waals surface area contributed by atoms with E-state index < -0.39 is 0 Å². The van der Waals surface area contributed by atoms with Crippen molar-refractivity contribution in [3.05, 3.63) is 46.8 Å². The Balaban J connectivity index is 2.14. The van der Waals surface area contributed by atoms with Crippen LogP contribution in [0.2, 0.25) is 5.02 Å². The molecule has 1 heterocycles. The second-order valence-electron chi connectivity index (χ2n) is 3.30. The molecule has 2 rings (SSSR count). The van der Waals surface area contributed by atoms with Gasteiger partial charge in [-0.3, -0.25) is 4.79 Å². The minimum absolute atomic E-state index is 0.218. The van der Waals surface area contributed by atoms with Gasteiger partial charge in [0, 0.05) is 16.3 Å². The highest BCUT2D eigenvalue weighted by atomic mass is 35.5. The van der Waals surface area contributed by atoms with Crippen LogP contribution in [0.3, 0.4) is 0 Å². The Kier molecular flexibility index (Phi) is 2.92. The summed E-state index contributed by atoms with van der Waals surface area (Å²) < 4.78 is 4.83. The highest BCUT2D eigenvalue weighted by Gasteiger charge is 2.13. The molecule has 1 aromatic carbocycles. The Morgan fingerprint density at radius 1 is 1.38 bits per heavy atom. The van der Waals surface area contributed by atoms with E-state index in [2.05, 4.69) is 10.5 Å². The van der Waals surface area contributed by atoms with E-state index in [-0.39, 0.29) is 11.7 Å². The van der Waals surface area contributed by atoms with Crippen LogP contribution in [-0.4, -0.2) is 11.1 Å². The van der Waals surface area contributed by atoms with Crippen LogP contribution in [0.15, 0.2) is 35.0 Å². The molecule has 0 bridgehead atoms. The van der Waals surface area contributed by atoms with Crippen molar-refractivity contribution in [3.63, 3.8) is 0 Å². The minimum Gasteiger partial charge on any atom is -0.351 e. The lowest BCUT2D eigenvalue weighted by atomic mass is 10.2. The zero-order chi connectivity index (χ0) is 11.5. The van der Waals surface area contributed by atoms with Gasteiger partial charge in [-0.05, 0) is 31.2 Å². The maximum absolute atomic E-state index is 11.7. The first kappa shape index (κ1) is 10.7. The lowest BCUT2D eigenvalue weighted by Crippen LogP contribution is -2.11. The molecule has 0 aliphatic heterocycles. The van der Waals surface area contributed by atoms with Crippen molar-refractivity contribution >= 4 is 23.2 Å². The SMILES string of the molecule is Cc1cnoc1C(=O)Nc1ccc(Cl)cc1. The smallest absolute Gasteiger partial charge is 0.294 e. The highest BCUT2D eigenvalue weighted by Crippen LogP contribution is 2.15. The Morgan fingerprint density at radius 3 is 2.62 bits per heavy atom. The molecular weight excluding hydrogens is 228 g/mol. The van der Waals surface area contributed by atoms with Gasteiger partial charge in [0.15, 0.2) is 0 Å². The number of nitrogens with one attached hydrogen (secondary N) is 1. The van der Waals surface area contributed by atoms with Gasteiger partial charge < -0.3 is 9.84 Å². The van der Waals surface area contributed by atoms with E-state index in [0.717, 1.165) is 0 Å². The number of aromatic nitrogens is 1. The Hall–Kier alpha value is -1.81. The number of carbonyl (C=O) groups excluding carboxylic acids is 1. The fraction of sp³-hybridized carbons (Fsp3) is 0.0909. The molecule has 0 fully saturated rings. The molecule has 0 unspecified atom stereocenters. The van der Waals surface area contributed by atoms with Gasteiger partial charge in [0.2, 0.25) is 5.76 Å². The summed E-state index contributed by atoms with van der Waals surface area (Å²) in [7, 11) is 0. The topological polar surface area (TPSA) is 55.1 Å². The molecule has 0 aliphatic rings. The van der Waals surface area contributed by atoms with Gasteiger partial charge >= 0.3 is 0 Å². The van der Waals surface area contributed by atoms with Crippen molar-refractivity contribution in [1.82, 2.24) is 5.16 Å². The number of benzene rings is 1. The molecule has 1 aromatic heterocycles. The van der Waals surface area contributed by atoms with Crippen molar-refractivity contribution in [2.75, 3.05) is 5.32 Å². The standard InChI is InChI=1S/C11H9ClN2O2/c1-7-6-13-16-10(7)11(15)14-9-4-2-8(12)3-5-9/h2-6H,1H3,(H,14,15). The van der Waals surface area contributed by atoms with Gasteiger partial charge in [-0.25, -0.2) is 0 Å². The first-order chi connectivity index (χ1) is 7.66. The van der Waals surface area contributed by atoms with Gasteiger partial charge in [-0.1, -0.05) is 16.8 Å². The van der Waals surface area contributed by atoms with Crippen LogP contribution in [0.1, 0.15) is 16.1 Å². The quantitative estimate of drug-likeness (QED) is 0.872. The fourth-order valence-electron chi connectivity index (χ4n) is 1.23. The van der Waals surface area contributed by atoms with Crippen molar-refractivity contribution in [1.29, 1.82) is 0 Å². The molecule has 5 heteroatoms. The molecule has 4 nitrogen and oxygen atoms in total. The number of anilines is 1. The number of nitrogens with zero attached hydrogens (tertiary/aromatic N) is 1. The third-order valence-electron chi connectivity index (χ3n) is 2.06. The lowest BCUT2D eigenvalue weighted by molar-refractivity contribution is 0.0987. The molecule has 0 saturated heterocycles. The molecular formula is C11H9ClN2O2. The summed E-state index contributed by atoms with van der Waals surface area (Å²) in [5.74, 6) is -0.104. The second-order valence-corrected chi connectivity index (χ2v) is 3.74. The van der Waals surface area contributed by atoms with Gasteiger partial charge in [-0.2, -0.15) is 0 Å². The Bertz CT molecular complexity index is 505. The summed E-state index contributed by atoms with van der Waals surface area (Å²) in [6, 6.07) is 6.83. The van der Waals surface area contributed by atoms with Gasteiger partial charge in [0.05, 0.1) is 6.20 Å². The lowest BCUT2D eigenvalue weighted by Gasteiger charge is -2.02. The summed E-state index contributed by atoms with van der Waals surface area (Å²) in [6.07, 6.45) is 1.50. The van der Waals surface area contributed by atoms with Crippen LogP contribution in [-0.2, 0) is 0 Å². The maximum Gasteiger partial charge on any atom is 0.294 e. The third kappa shape index (κ3) is 2.23. The molecule has 0 aliphatic carbocycles. The van der Waals surface area contributed by atoms with E-state index in [1.807, 2.05) is 0 Å². The number of carbonyl (C=O) groups is 1. The van der Waals surface area contributed by atoms with Crippen molar-refractivity contribution in [2.45, 2.75) is 6.92 Å². The zero-order valence-corrected chi connectivity index (χ0v) is 9.28. The summed E-state index contributed by atoms with van der Waals surface area (Å²) >= 11 is 5.73. The average Bonchev–Trinajstić information content (AvgIpc) is 2.68. The van der Waals surface area contributed by atoms with Crippen molar-refractivity contribution in [3.8, 4) is 0 Å². The second kappa shape index (κ2) is 4.37. The number of rotatable bonds is 2. The number of hydrogen-bond acceptors (Lipinski definition) is 3. The first-order valence-electron chi connectivity index (χ1n) is 4.65. The average molecular weight is 237 g/mol. The van der Waals surface area contributed by atoms with Crippen LogP contribution in [0, 0.1) is 6.92 Å². The molecule has 1 N–H and O–H groups in total. The third-order valence-corrected chi connectivity index (χ3v) is 2.31. The predicted molar refractivity (Wildman–Crippen MR) is 60.6 cm³/mol. The largest absolute Gasteiger partial charge is 0.351 e. The molecule has 1 amide bonds. The van der Waals surface area contributed by atoms with E-state index >= 15 is 0 Å². The van der Waals surface area contributed by atoms with Gasteiger partial charge in [0.25, 0.3) is 5.91 Å². The van der Waals surface area contributed by atoms with E-state index in [4.69, 9.17) is 16.1 Å². The van der Waals surface area contributed by atoms with E-state index in [0.29, 0.717) is 16.3 Å². The van der Waals surface area contributed by atoms with Gasteiger partial charge in [-0.15, -0.1) is 0 Å². The van der Waals surface area contributed by atoms with Crippen LogP contribution in [0.4, 0.5) is 5.69 Å². The molecule has 0 atom stereocenters.